The van der Waals surface area contributed by atoms with Gasteiger partial charge in [0.05, 0.1) is 39.9 Å². The van der Waals surface area contributed by atoms with Crippen LogP contribution in [0.3, 0.4) is 0 Å². The quantitative estimate of drug-likeness (QED) is 0.0250. The van der Waals surface area contributed by atoms with E-state index >= 15 is 0 Å². The molecular weight excluding hydrogens is 671 g/mol. The highest BCUT2D eigenvalue weighted by atomic mass is 31.2. The zero-order chi connectivity index (χ0) is 38.6. The highest BCUT2D eigenvalue weighted by Crippen LogP contribution is 2.43. The van der Waals surface area contributed by atoms with Crippen LogP contribution in [0, 0.1) is 0 Å². The molecule has 0 aromatic heterocycles. The highest BCUT2D eigenvalue weighted by Gasteiger charge is 2.27. The SMILES string of the molecule is CCCCCCCC/C=C\CCCCCCCC(=O)NC(COP(=O)(O)OCC[N+](C)(C)C)C(O)/C=C/CCCCCCCCCCCCCCC. The van der Waals surface area contributed by atoms with Gasteiger partial charge in [0.25, 0.3) is 0 Å². The third-order valence-electron chi connectivity index (χ3n) is 9.67. The summed E-state index contributed by atoms with van der Waals surface area (Å²) in [6.07, 6.45) is 40.9. The van der Waals surface area contributed by atoms with Crippen LogP contribution >= 0.6 is 7.82 Å². The fourth-order valence-corrected chi connectivity index (χ4v) is 6.89. The lowest BCUT2D eigenvalue weighted by Crippen LogP contribution is -2.45. The van der Waals surface area contributed by atoms with Gasteiger partial charge >= 0.3 is 7.82 Å². The van der Waals surface area contributed by atoms with Crippen molar-refractivity contribution in [3.8, 4) is 0 Å². The van der Waals surface area contributed by atoms with Gasteiger partial charge in [0.2, 0.25) is 5.91 Å². The Balaban J connectivity index is 4.47. The molecule has 0 aliphatic carbocycles. The number of unbranched alkanes of at least 4 members (excludes halogenated alkanes) is 24. The van der Waals surface area contributed by atoms with Gasteiger partial charge in [0.1, 0.15) is 13.2 Å². The van der Waals surface area contributed by atoms with Crippen molar-refractivity contribution in [2.75, 3.05) is 40.9 Å². The molecule has 0 saturated carbocycles. The van der Waals surface area contributed by atoms with Gasteiger partial charge in [-0.25, -0.2) is 4.57 Å². The van der Waals surface area contributed by atoms with Crippen molar-refractivity contribution in [1.82, 2.24) is 5.32 Å². The van der Waals surface area contributed by atoms with Crippen LogP contribution in [0.5, 0.6) is 0 Å². The van der Waals surface area contributed by atoms with E-state index in [4.69, 9.17) is 9.05 Å². The second-order valence-electron chi connectivity index (χ2n) is 16.1. The summed E-state index contributed by atoms with van der Waals surface area (Å²) >= 11 is 0. The van der Waals surface area contributed by atoms with Crippen molar-refractivity contribution in [2.24, 2.45) is 0 Å². The number of carbonyl (C=O) groups is 1. The summed E-state index contributed by atoms with van der Waals surface area (Å²) in [5.41, 5.74) is 0. The molecule has 0 bridgehead atoms. The molecule has 0 aromatic rings. The van der Waals surface area contributed by atoms with E-state index in [1.165, 1.54) is 122 Å². The molecule has 0 radical (unpaired) electrons. The smallest absolute Gasteiger partial charge is 0.387 e. The number of hydrogen-bond acceptors (Lipinski definition) is 5. The van der Waals surface area contributed by atoms with Crippen LogP contribution in [-0.4, -0.2) is 73.4 Å². The minimum Gasteiger partial charge on any atom is -0.387 e. The first kappa shape index (κ1) is 51.0. The molecule has 0 rings (SSSR count). The number of likely N-dealkylation sites (N-methyl/N-ethyl adjacent to an activating group) is 1. The zero-order valence-corrected chi connectivity index (χ0v) is 35.7. The van der Waals surface area contributed by atoms with E-state index in [1.54, 1.807) is 6.08 Å². The summed E-state index contributed by atoms with van der Waals surface area (Å²) in [5, 5.41) is 13.8. The fourth-order valence-electron chi connectivity index (χ4n) is 6.15. The van der Waals surface area contributed by atoms with Gasteiger partial charge in [-0.2, -0.15) is 0 Å². The Kier molecular flexibility index (Phi) is 35.0. The van der Waals surface area contributed by atoms with E-state index in [1.807, 2.05) is 27.2 Å². The number of allylic oxidation sites excluding steroid dienone is 3. The lowest BCUT2D eigenvalue weighted by Gasteiger charge is -2.25. The van der Waals surface area contributed by atoms with Crippen LogP contribution in [0.15, 0.2) is 24.3 Å². The number of phosphoric acid groups is 1. The summed E-state index contributed by atoms with van der Waals surface area (Å²) in [7, 11) is 1.57. The predicted molar refractivity (Wildman–Crippen MR) is 221 cm³/mol. The minimum absolute atomic E-state index is 0.0609. The topological polar surface area (TPSA) is 105 Å². The van der Waals surface area contributed by atoms with Crippen molar-refractivity contribution < 1.29 is 32.9 Å². The average molecular weight is 758 g/mol. The molecule has 8 nitrogen and oxygen atoms in total. The van der Waals surface area contributed by atoms with Crippen molar-refractivity contribution in [1.29, 1.82) is 0 Å². The number of carbonyl (C=O) groups excluding carboxylic acids is 1. The number of aliphatic hydroxyl groups excluding tert-OH is 1. The van der Waals surface area contributed by atoms with Gasteiger partial charge in [-0.15, -0.1) is 0 Å². The molecule has 3 atom stereocenters. The van der Waals surface area contributed by atoms with Crippen LogP contribution in [0.1, 0.15) is 194 Å². The number of quaternary nitrogens is 1. The van der Waals surface area contributed by atoms with E-state index < -0.39 is 20.0 Å². The van der Waals surface area contributed by atoms with Crippen LogP contribution in [-0.2, 0) is 18.4 Å². The van der Waals surface area contributed by atoms with Gasteiger partial charge < -0.3 is 19.8 Å². The molecule has 0 aliphatic heterocycles. The van der Waals surface area contributed by atoms with Crippen LogP contribution in [0.4, 0.5) is 0 Å². The molecule has 0 aromatic carbocycles. The third-order valence-corrected chi connectivity index (χ3v) is 10.6. The molecule has 0 spiro atoms. The van der Waals surface area contributed by atoms with E-state index in [0.29, 0.717) is 17.4 Å². The molecule has 0 aliphatic rings. The lowest BCUT2D eigenvalue weighted by atomic mass is 10.0. The second kappa shape index (κ2) is 35.7. The maximum Gasteiger partial charge on any atom is 0.472 e. The van der Waals surface area contributed by atoms with Crippen molar-refractivity contribution in [2.45, 2.75) is 206 Å². The Hall–Kier alpha value is -1.02. The molecule has 3 N–H and O–H groups in total. The molecule has 0 heterocycles. The Morgan fingerprint density at radius 2 is 1.04 bits per heavy atom. The normalized spacial score (nSPS) is 14.7. The lowest BCUT2D eigenvalue weighted by molar-refractivity contribution is -0.870. The summed E-state index contributed by atoms with van der Waals surface area (Å²) < 4.78 is 23.5. The second-order valence-corrected chi connectivity index (χ2v) is 17.5. The molecule has 308 valence electrons. The Morgan fingerprint density at radius 3 is 1.48 bits per heavy atom. The first-order chi connectivity index (χ1) is 25.0. The van der Waals surface area contributed by atoms with Crippen LogP contribution in [0.2, 0.25) is 0 Å². The third kappa shape index (κ3) is 37.3. The molecule has 3 unspecified atom stereocenters. The maximum absolute atomic E-state index is 12.8. The van der Waals surface area contributed by atoms with Gasteiger partial charge in [0, 0.05) is 6.42 Å². The molecular formula is C43H86N2O6P+. The van der Waals surface area contributed by atoms with E-state index in [9.17, 15) is 19.4 Å². The number of aliphatic hydroxyl groups is 1. The average Bonchev–Trinajstić information content (AvgIpc) is 3.09. The monoisotopic (exact) mass is 758 g/mol. The molecule has 0 fully saturated rings. The maximum atomic E-state index is 12.8. The van der Waals surface area contributed by atoms with Crippen molar-refractivity contribution >= 4 is 13.7 Å². The standard InChI is InChI=1S/C43H85N2O6P/c1-6-8-10-12-14-16-18-20-22-24-26-28-30-32-34-36-42(46)41(40-51-52(48,49)50-39-38-45(3,4)5)44-43(47)37-35-33-31-29-27-25-23-21-19-17-15-13-11-9-7-2/h21,23,34,36,41-42,46H,6-20,22,24-33,35,37-40H2,1-5H3,(H-,44,47,48,49)/p+1/b23-21-,36-34+. The van der Waals surface area contributed by atoms with Gasteiger partial charge in [-0.05, 0) is 44.9 Å². The summed E-state index contributed by atoms with van der Waals surface area (Å²) in [5.74, 6) is -0.186. The Labute approximate surface area is 322 Å². The highest BCUT2D eigenvalue weighted by molar-refractivity contribution is 7.47. The number of nitrogens with one attached hydrogen (secondary N) is 1. The van der Waals surface area contributed by atoms with E-state index in [0.717, 1.165) is 51.4 Å². The summed E-state index contributed by atoms with van der Waals surface area (Å²) in [6.45, 7) is 4.80. The number of rotatable bonds is 39. The molecule has 0 saturated heterocycles. The number of hydrogen-bond donors (Lipinski definition) is 3. The predicted octanol–water partition coefficient (Wildman–Crippen LogP) is 11.7. The number of phosphoric ester groups is 1. The molecule has 1 amide bonds. The van der Waals surface area contributed by atoms with Crippen LogP contribution < -0.4 is 5.32 Å². The fraction of sp³-hybridized carbons (Fsp3) is 0.884. The van der Waals surface area contributed by atoms with Crippen molar-refractivity contribution in [3.05, 3.63) is 24.3 Å². The molecule has 52 heavy (non-hydrogen) atoms. The summed E-state index contributed by atoms with van der Waals surface area (Å²) in [4.78, 5) is 23.1. The number of nitrogens with zero attached hydrogens (tertiary/aromatic N) is 1. The number of amides is 1. The Bertz CT molecular complexity index is 907. The summed E-state index contributed by atoms with van der Waals surface area (Å²) in [6, 6.07) is -0.846. The van der Waals surface area contributed by atoms with E-state index in [-0.39, 0.29) is 19.1 Å². The largest absolute Gasteiger partial charge is 0.472 e. The van der Waals surface area contributed by atoms with Crippen molar-refractivity contribution in [3.63, 3.8) is 0 Å². The Morgan fingerprint density at radius 1 is 0.635 bits per heavy atom. The first-order valence-corrected chi connectivity index (χ1v) is 23.2. The minimum atomic E-state index is -4.33. The van der Waals surface area contributed by atoms with Crippen LogP contribution in [0.25, 0.3) is 0 Å². The first-order valence-electron chi connectivity index (χ1n) is 21.7. The van der Waals surface area contributed by atoms with E-state index in [2.05, 4.69) is 31.3 Å². The molecule has 9 heteroatoms. The van der Waals surface area contributed by atoms with Gasteiger partial charge in [-0.3, -0.25) is 13.8 Å². The van der Waals surface area contributed by atoms with Gasteiger partial charge in [-0.1, -0.05) is 167 Å². The van der Waals surface area contributed by atoms with Gasteiger partial charge in [0.15, 0.2) is 0 Å². The zero-order valence-electron chi connectivity index (χ0n) is 34.8.